The number of rotatable bonds is 4. The van der Waals surface area contributed by atoms with Crippen molar-refractivity contribution in [2.75, 3.05) is 0 Å². The van der Waals surface area contributed by atoms with Crippen LogP contribution in [0.2, 0.25) is 0 Å². The fraction of sp³-hybridized carbons (Fsp3) is 0.625. The van der Waals surface area contributed by atoms with Gasteiger partial charge in [-0.2, -0.15) is 9.61 Å². The van der Waals surface area contributed by atoms with Crippen LogP contribution in [0.15, 0.2) is 6.33 Å². The lowest BCUT2D eigenvalue weighted by Gasteiger charge is -2.01. The molecule has 5 nitrogen and oxygen atoms in total. The van der Waals surface area contributed by atoms with Gasteiger partial charge >= 0.3 is 0 Å². The monoisotopic (exact) mass is 211 g/mol. The van der Waals surface area contributed by atoms with E-state index in [1.165, 1.54) is 0 Å². The topological polar surface area (TPSA) is 69.1 Å². The first-order chi connectivity index (χ1) is 6.75. The van der Waals surface area contributed by atoms with Gasteiger partial charge in [0.1, 0.15) is 11.3 Å². The van der Waals surface area contributed by atoms with Crippen LogP contribution in [0.5, 0.6) is 0 Å². The Bertz CT molecular complexity index is 376. The molecular formula is C8H13N5S. The summed E-state index contributed by atoms with van der Waals surface area (Å²) in [5.74, 6) is 0. The fourth-order valence-electron chi connectivity index (χ4n) is 1.28. The van der Waals surface area contributed by atoms with Gasteiger partial charge in [0.05, 0.1) is 0 Å². The number of hydrogen-bond acceptors (Lipinski definition) is 5. The Morgan fingerprint density at radius 2 is 2.50 bits per heavy atom. The lowest BCUT2D eigenvalue weighted by Crippen LogP contribution is -2.14. The van der Waals surface area contributed by atoms with Gasteiger partial charge in [0.15, 0.2) is 0 Å². The summed E-state index contributed by atoms with van der Waals surface area (Å²) < 4.78 is 1.71. The Hall–Kier alpha value is -1.01. The van der Waals surface area contributed by atoms with Crippen molar-refractivity contribution >= 4 is 16.3 Å². The number of aromatic nitrogens is 4. The number of hydrogen-bond donors (Lipinski definition) is 1. The van der Waals surface area contributed by atoms with Crippen LogP contribution in [-0.2, 0) is 6.42 Å². The normalized spacial score (nSPS) is 13.6. The summed E-state index contributed by atoms with van der Waals surface area (Å²) in [7, 11) is 0. The predicted octanol–water partition coefficient (Wildman–Crippen LogP) is 0.856. The van der Waals surface area contributed by atoms with Crippen molar-refractivity contribution in [3.05, 3.63) is 11.3 Å². The van der Waals surface area contributed by atoms with Crippen LogP contribution in [-0.4, -0.2) is 25.9 Å². The van der Waals surface area contributed by atoms with E-state index in [-0.39, 0.29) is 6.04 Å². The highest BCUT2D eigenvalue weighted by molar-refractivity contribution is 7.16. The van der Waals surface area contributed by atoms with Crippen LogP contribution in [0.25, 0.3) is 4.96 Å². The molecule has 2 N–H and O–H groups in total. The first kappa shape index (κ1) is 9.54. The van der Waals surface area contributed by atoms with E-state index in [9.17, 15) is 0 Å². The van der Waals surface area contributed by atoms with Crippen molar-refractivity contribution in [2.24, 2.45) is 5.73 Å². The van der Waals surface area contributed by atoms with E-state index >= 15 is 0 Å². The standard InChI is InChI=1S/C8H13N5S/c1-6(9)3-2-4-7-12-13-5-10-11-8(13)14-7/h5-6H,2-4,9H2,1H3. The zero-order valence-electron chi connectivity index (χ0n) is 8.05. The molecule has 76 valence electrons. The molecule has 2 aromatic rings. The predicted molar refractivity (Wildman–Crippen MR) is 55.2 cm³/mol. The SMILES string of the molecule is CC(N)CCCc1nn2cnnc2s1. The first-order valence-corrected chi connectivity index (χ1v) is 5.48. The van der Waals surface area contributed by atoms with Crippen molar-refractivity contribution in [2.45, 2.75) is 32.2 Å². The Labute approximate surface area is 86.0 Å². The van der Waals surface area contributed by atoms with Crippen molar-refractivity contribution in [3.63, 3.8) is 0 Å². The molecule has 0 radical (unpaired) electrons. The van der Waals surface area contributed by atoms with Gasteiger partial charge in [0.25, 0.3) is 0 Å². The number of aryl methyl sites for hydroxylation is 1. The Morgan fingerprint density at radius 3 is 3.21 bits per heavy atom. The highest BCUT2D eigenvalue weighted by Crippen LogP contribution is 2.14. The van der Waals surface area contributed by atoms with E-state index in [4.69, 9.17) is 5.73 Å². The van der Waals surface area contributed by atoms with Gasteiger partial charge in [-0.1, -0.05) is 11.3 Å². The molecule has 0 aliphatic carbocycles. The van der Waals surface area contributed by atoms with E-state index in [1.54, 1.807) is 22.2 Å². The van der Waals surface area contributed by atoms with Crippen LogP contribution in [0.1, 0.15) is 24.8 Å². The molecule has 6 heteroatoms. The van der Waals surface area contributed by atoms with Crippen molar-refractivity contribution < 1.29 is 0 Å². The molecule has 0 saturated heterocycles. The molecular weight excluding hydrogens is 198 g/mol. The molecule has 0 fully saturated rings. The van der Waals surface area contributed by atoms with E-state index in [0.717, 1.165) is 29.2 Å². The summed E-state index contributed by atoms with van der Waals surface area (Å²) in [4.78, 5) is 0.862. The number of nitrogens with two attached hydrogens (primary N) is 1. The van der Waals surface area contributed by atoms with Gasteiger partial charge in [0.2, 0.25) is 4.96 Å². The van der Waals surface area contributed by atoms with Crippen molar-refractivity contribution in [1.29, 1.82) is 0 Å². The molecule has 14 heavy (non-hydrogen) atoms. The highest BCUT2D eigenvalue weighted by Gasteiger charge is 2.04. The van der Waals surface area contributed by atoms with Crippen LogP contribution >= 0.6 is 11.3 Å². The van der Waals surface area contributed by atoms with Crippen molar-refractivity contribution in [3.8, 4) is 0 Å². The summed E-state index contributed by atoms with van der Waals surface area (Å²) >= 11 is 1.59. The summed E-state index contributed by atoms with van der Waals surface area (Å²) in [5, 5.41) is 13.1. The van der Waals surface area contributed by atoms with Crippen LogP contribution in [0.4, 0.5) is 0 Å². The average molecular weight is 211 g/mol. The largest absolute Gasteiger partial charge is 0.328 e. The quantitative estimate of drug-likeness (QED) is 0.814. The minimum Gasteiger partial charge on any atom is -0.328 e. The van der Waals surface area contributed by atoms with Gasteiger partial charge in [0, 0.05) is 12.5 Å². The van der Waals surface area contributed by atoms with E-state index < -0.39 is 0 Å². The minimum absolute atomic E-state index is 0.278. The van der Waals surface area contributed by atoms with Gasteiger partial charge in [-0.3, -0.25) is 0 Å². The molecule has 1 atom stereocenters. The third-order valence-corrected chi connectivity index (χ3v) is 2.95. The molecule has 0 aliphatic heterocycles. The third-order valence-electron chi connectivity index (χ3n) is 1.98. The third kappa shape index (κ3) is 2.08. The summed E-state index contributed by atoms with van der Waals surface area (Å²) in [5.41, 5.74) is 5.67. The van der Waals surface area contributed by atoms with Crippen molar-refractivity contribution in [1.82, 2.24) is 19.8 Å². The van der Waals surface area contributed by atoms with Crippen LogP contribution in [0.3, 0.4) is 0 Å². The Balaban J connectivity index is 1.95. The minimum atomic E-state index is 0.278. The highest BCUT2D eigenvalue weighted by atomic mass is 32.1. The molecule has 2 aromatic heterocycles. The molecule has 1 unspecified atom stereocenters. The molecule has 0 saturated carbocycles. The van der Waals surface area contributed by atoms with Gasteiger partial charge in [-0.25, -0.2) is 0 Å². The molecule has 2 heterocycles. The zero-order valence-corrected chi connectivity index (χ0v) is 8.87. The van der Waals surface area contributed by atoms with E-state index in [0.29, 0.717) is 0 Å². The Morgan fingerprint density at radius 1 is 1.64 bits per heavy atom. The van der Waals surface area contributed by atoms with Crippen LogP contribution < -0.4 is 5.73 Å². The zero-order chi connectivity index (χ0) is 9.97. The first-order valence-electron chi connectivity index (χ1n) is 4.67. The van der Waals surface area contributed by atoms with Crippen LogP contribution in [0, 0.1) is 0 Å². The van der Waals surface area contributed by atoms with E-state index in [2.05, 4.69) is 15.3 Å². The second-order valence-electron chi connectivity index (χ2n) is 3.42. The summed E-state index contributed by atoms with van der Waals surface area (Å²) in [6.45, 7) is 2.03. The molecule has 0 amide bonds. The van der Waals surface area contributed by atoms with Gasteiger partial charge < -0.3 is 5.73 Å². The maximum atomic E-state index is 5.67. The fourth-order valence-corrected chi connectivity index (χ4v) is 2.13. The molecule has 2 rings (SSSR count). The molecule has 0 aromatic carbocycles. The second kappa shape index (κ2) is 4.02. The summed E-state index contributed by atoms with van der Waals surface area (Å²) in [6.07, 6.45) is 4.73. The molecule has 0 spiro atoms. The van der Waals surface area contributed by atoms with Gasteiger partial charge in [-0.15, -0.1) is 10.2 Å². The van der Waals surface area contributed by atoms with Gasteiger partial charge in [-0.05, 0) is 19.8 Å². The number of fused-ring (bicyclic) bond motifs is 1. The molecule has 0 aliphatic rings. The maximum absolute atomic E-state index is 5.67. The lowest BCUT2D eigenvalue weighted by molar-refractivity contribution is 0.620. The molecule has 0 bridgehead atoms. The second-order valence-corrected chi connectivity index (χ2v) is 4.46. The smallest absolute Gasteiger partial charge is 0.234 e. The van der Waals surface area contributed by atoms with E-state index in [1.807, 2.05) is 6.92 Å². The summed E-state index contributed by atoms with van der Waals surface area (Å²) in [6, 6.07) is 0.278. The lowest BCUT2D eigenvalue weighted by atomic mass is 10.1. The average Bonchev–Trinajstić information content (AvgIpc) is 2.62. The maximum Gasteiger partial charge on any atom is 0.234 e. The Kier molecular flexibility index (Phi) is 2.74. The number of nitrogens with zero attached hydrogens (tertiary/aromatic N) is 4.